The molecule has 13 aromatic rings. The number of para-hydroxylation sites is 3. The van der Waals surface area contributed by atoms with E-state index in [1.54, 1.807) is 0 Å². The van der Waals surface area contributed by atoms with Crippen molar-refractivity contribution in [2.24, 2.45) is 0 Å². The predicted octanol–water partition coefficient (Wildman–Crippen LogP) is 18.5. The number of aromatic nitrogens is 1. The number of benzene rings is 11. The average Bonchev–Trinajstić information content (AvgIpc) is 3.98. The van der Waals surface area contributed by atoms with Crippen molar-refractivity contribution in [2.75, 3.05) is 4.90 Å². The molecule has 0 amide bonds. The molecule has 0 atom stereocenters. The van der Waals surface area contributed by atoms with Crippen molar-refractivity contribution in [3.63, 3.8) is 0 Å². The first-order valence-corrected chi connectivity index (χ1v) is 23.6. The summed E-state index contributed by atoms with van der Waals surface area (Å²) in [4.78, 5) is 2.36. The van der Waals surface area contributed by atoms with Crippen molar-refractivity contribution < 1.29 is 4.42 Å². The van der Waals surface area contributed by atoms with Gasteiger partial charge in [0.1, 0.15) is 11.2 Å². The summed E-state index contributed by atoms with van der Waals surface area (Å²) in [5.74, 6) is 0. The summed E-state index contributed by atoms with van der Waals surface area (Å²) in [6.07, 6.45) is 0. The minimum atomic E-state index is 0.907. The first kappa shape index (κ1) is 40.1. The lowest BCUT2D eigenvalue weighted by atomic mass is 9.97. The minimum Gasteiger partial charge on any atom is -0.456 e. The molecule has 0 bridgehead atoms. The standard InChI is InChI=1S/C66H44N2O/c1-2-12-45(13-3-1)46-24-26-51(27-25-46)53-14-10-15-57(44-53)67(54-38-32-48(33-39-54)47-28-30-52(31-29-47)58-19-11-23-65-66(58)61-18-6-9-22-64(61)69-65)55-40-34-49(35-41-55)50-36-42-56(43-37-50)68-62-20-7-4-16-59(62)60-17-5-8-21-63(60)68/h1-44H. The molecule has 13 rings (SSSR count). The molecule has 0 saturated heterocycles. The molecular weight excluding hydrogens is 837 g/mol. The maximum absolute atomic E-state index is 6.21. The summed E-state index contributed by atoms with van der Waals surface area (Å²) in [5, 5.41) is 4.82. The Morgan fingerprint density at radius 2 is 0.696 bits per heavy atom. The second-order valence-corrected chi connectivity index (χ2v) is 17.7. The zero-order valence-electron chi connectivity index (χ0n) is 37.7. The Hall–Kier alpha value is -9.18. The molecule has 2 heterocycles. The van der Waals surface area contributed by atoms with Gasteiger partial charge in [0.25, 0.3) is 0 Å². The van der Waals surface area contributed by atoms with Crippen LogP contribution in [0.5, 0.6) is 0 Å². The van der Waals surface area contributed by atoms with Gasteiger partial charge in [-0.15, -0.1) is 0 Å². The molecule has 0 saturated carbocycles. The molecule has 2 aromatic heterocycles. The normalized spacial score (nSPS) is 11.5. The van der Waals surface area contributed by atoms with E-state index < -0.39 is 0 Å². The van der Waals surface area contributed by atoms with Gasteiger partial charge in [0.05, 0.1) is 11.0 Å². The monoisotopic (exact) mass is 880 g/mol. The Morgan fingerprint density at radius 3 is 1.29 bits per heavy atom. The van der Waals surface area contributed by atoms with E-state index in [-0.39, 0.29) is 0 Å². The molecule has 11 aromatic carbocycles. The Balaban J connectivity index is 0.833. The van der Waals surface area contributed by atoms with Crippen LogP contribution in [0.4, 0.5) is 17.1 Å². The van der Waals surface area contributed by atoms with E-state index in [4.69, 9.17) is 4.42 Å². The third kappa shape index (κ3) is 7.25. The highest BCUT2D eigenvalue weighted by Gasteiger charge is 2.17. The highest BCUT2D eigenvalue weighted by atomic mass is 16.3. The first-order valence-electron chi connectivity index (χ1n) is 23.6. The molecule has 3 nitrogen and oxygen atoms in total. The molecule has 324 valence electrons. The fourth-order valence-corrected chi connectivity index (χ4v) is 10.2. The number of furan rings is 1. The molecule has 3 heteroatoms. The van der Waals surface area contributed by atoms with Crippen molar-refractivity contribution in [1.29, 1.82) is 0 Å². The van der Waals surface area contributed by atoms with E-state index in [0.29, 0.717) is 0 Å². The lowest BCUT2D eigenvalue weighted by Crippen LogP contribution is -2.10. The van der Waals surface area contributed by atoms with Gasteiger partial charge >= 0.3 is 0 Å². The third-order valence-corrected chi connectivity index (χ3v) is 13.7. The molecule has 0 aliphatic heterocycles. The van der Waals surface area contributed by atoms with Gasteiger partial charge in [0, 0.05) is 44.3 Å². The summed E-state index contributed by atoms with van der Waals surface area (Å²) in [7, 11) is 0. The summed E-state index contributed by atoms with van der Waals surface area (Å²) in [6.45, 7) is 0. The zero-order valence-corrected chi connectivity index (χ0v) is 37.7. The fourth-order valence-electron chi connectivity index (χ4n) is 10.2. The van der Waals surface area contributed by atoms with Crippen LogP contribution >= 0.6 is 0 Å². The van der Waals surface area contributed by atoms with E-state index in [2.05, 4.69) is 264 Å². The summed E-state index contributed by atoms with van der Waals surface area (Å²) in [5.41, 5.74) is 20.4. The Labute approximate surface area is 401 Å². The van der Waals surface area contributed by atoms with E-state index in [9.17, 15) is 0 Å². The second-order valence-electron chi connectivity index (χ2n) is 17.7. The number of hydrogen-bond acceptors (Lipinski definition) is 2. The first-order chi connectivity index (χ1) is 34.2. The van der Waals surface area contributed by atoms with Crippen LogP contribution in [0, 0.1) is 0 Å². The van der Waals surface area contributed by atoms with Crippen LogP contribution < -0.4 is 4.90 Å². The van der Waals surface area contributed by atoms with Crippen LogP contribution in [0.2, 0.25) is 0 Å². The summed E-state index contributed by atoms with van der Waals surface area (Å²) < 4.78 is 8.58. The van der Waals surface area contributed by atoms with Crippen LogP contribution in [0.1, 0.15) is 0 Å². The van der Waals surface area contributed by atoms with Crippen molar-refractivity contribution in [1.82, 2.24) is 4.57 Å². The Kier molecular flexibility index (Phi) is 9.84. The van der Waals surface area contributed by atoms with Gasteiger partial charge in [-0.1, -0.05) is 194 Å². The van der Waals surface area contributed by atoms with E-state index >= 15 is 0 Å². The molecule has 0 aliphatic rings. The lowest BCUT2D eigenvalue weighted by molar-refractivity contribution is 0.669. The lowest BCUT2D eigenvalue weighted by Gasteiger charge is -2.26. The average molecular weight is 881 g/mol. The van der Waals surface area contributed by atoms with Gasteiger partial charge in [0.15, 0.2) is 0 Å². The van der Waals surface area contributed by atoms with Crippen molar-refractivity contribution >= 4 is 60.8 Å². The van der Waals surface area contributed by atoms with Crippen LogP contribution in [0.3, 0.4) is 0 Å². The quantitative estimate of drug-likeness (QED) is 0.144. The van der Waals surface area contributed by atoms with Crippen molar-refractivity contribution in [3.05, 3.63) is 267 Å². The van der Waals surface area contributed by atoms with Crippen LogP contribution in [0.15, 0.2) is 271 Å². The van der Waals surface area contributed by atoms with E-state index in [1.165, 1.54) is 49.6 Å². The van der Waals surface area contributed by atoms with E-state index in [1.807, 2.05) is 12.1 Å². The van der Waals surface area contributed by atoms with Gasteiger partial charge < -0.3 is 13.9 Å². The van der Waals surface area contributed by atoms with Gasteiger partial charge in [-0.3, -0.25) is 0 Å². The third-order valence-electron chi connectivity index (χ3n) is 13.7. The van der Waals surface area contributed by atoms with Crippen LogP contribution in [0.25, 0.3) is 105 Å². The maximum Gasteiger partial charge on any atom is 0.136 e. The smallest absolute Gasteiger partial charge is 0.136 e. The number of anilines is 3. The van der Waals surface area contributed by atoms with Gasteiger partial charge in [0.2, 0.25) is 0 Å². The molecular formula is C66H44N2O. The molecule has 0 unspecified atom stereocenters. The molecule has 69 heavy (non-hydrogen) atoms. The van der Waals surface area contributed by atoms with E-state index in [0.717, 1.165) is 72.5 Å². The highest BCUT2D eigenvalue weighted by molar-refractivity contribution is 6.12. The zero-order chi connectivity index (χ0) is 45.7. The van der Waals surface area contributed by atoms with Crippen molar-refractivity contribution in [2.45, 2.75) is 0 Å². The number of hydrogen-bond donors (Lipinski definition) is 0. The molecule has 0 fully saturated rings. The van der Waals surface area contributed by atoms with Crippen LogP contribution in [-0.4, -0.2) is 4.57 Å². The number of fused-ring (bicyclic) bond motifs is 6. The highest BCUT2D eigenvalue weighted by Crippen LogP contribution is 2.41. The maximum atomic E-state index is 6.21. The molecule has 0 N–H and O–H groups in total. The fraction of sp³-hybridized carbons (Fsp3) is 0. The largest absolute Gasteiger partial charge is 0.456 e. The second kappa shape index (κ2) is 16.9. The van der Waals surface area contributed by atoms with Gasteiger partial charge in [-0.2, -0.15) is 0 Å². The Bertz CT molecular complexity index is 3910. The van der Waals surface area contributed by atoms with Crippen LogP contribution in [-0.2, 0) is 0 Å². The van der Waals surface area contributed by atoms with Gasteiger partial charge in [-0.25, -0.2) is 0 Å². The van der Waals surface area contributed by atoms with Gasteiger partial charge in [-0.05, 0) is 128 Å². The topological polar surface area (TPSA) is 21.3 Å². The number of rotatable bonds is 9. The Morgan fingerprint density at radius 1 is 0.275 bits per heavy atom. The molecule has 0 aliphatic carbocycles. The SMILES string of the molecule is c1ccc(-c2ccc(-c3cccc(N(c4ccc(-c5ccc(-c6cccc7oc8ccccc8c67)cc5)cc4)c4ccc(-c5ccc(-n6c7ccccc7c7ccccc76)cc5)cc4)c3)cc2)cc1. The van der Waals surface area contributed by atoms with Crippen molar-refractivity contribution in [3.8, 4) is 61.3 Å². The predicted molar refractivity (Wildman–Crippen MR) is 290 cm³/mol. The molecule has 0 spiro atoms. The minimum absolute atomic E-state index is 0.907. The molecule has 0 radical (unpaired) electrons. The number of nitrogens with zero attached hydrogens (tertiary/aromatic N) is 2. The summed E-state index contributed by atoms with van der Waals surface area (Å²) >= 11 is 0. The summed E-state index contributed by atoms with van der Waals surface area (Å²) in [6, 6.07) is 96.0.